The molecule has 0 aromatic carbocycles. The number of rotatable bonds is 3. The summed E-state index contributed by atoms with van der Waals surface area (Å²) < 4.78 is 161. The number of ether oxygens (including phenoxy) is 2. The van der Waals surface area contributed by atoms with Crippen molar-refractivity contribution in [1.29, 1.82) is 0 Å². The van der Waals surface area contributed by atoms with Crippen LogP contribution in [-0.4, -0.2) is 42.0 Å². The summed E-state index contributed by atoms with van der Waals surface area (Å²) >= 11 is 0. The van der Waals surface area contributed by atoms with Crippen LogP contribution in [0.3, 0.4) is 0 Å². The van der Waals surface area contributed by atoms with E-state index in [9.17, 15) is 52.7 Å². The lowest BCUT2D eigenvalue weighted by molar-refractivity contribution is -0.559. The zero-order chi connectivity index (χ0) is 19.4. The monoisotopic (exact) mass is 387 g/mol. The zero-order valence-corrected chi connectivity index (χ0v) is 11.0. The summed E-state index contributed by atoms with van der Waals surface area (Å²) in [4.78, 5) is -3.01. The third-order valence-corrected chi connectivity index (χ3v) is 2.45. The van der Waals surface area contributed by atoms with Gasteiger partial charge in [0.15, 0.2) is 0 Å². The second kappa shape index (κ2) is 5.49. The Morgan fingerprint density at radius 2 is 1.29 bits per heavy atom. The highest BCUT2D eigenvalue weighted by Gasteiger charge is 2.84. The second-order valence-electron chi connectivity index (χ2n) is 4.10. The van der Waals surface area contributed by atoms with Gasteiger partial charge in [0.1, 0.15) is 0 Å². The molecule has 1 aliphatic rings. The lowest BCUT2D eigenvalue weighted by Crippen LogP contribution is -2.73. The highest BCUT2D eigenvalue weighted by Crippen LogP contribution is 2.57. The van der Waals surface area contributed by atoms with Crippen LogP contribution in [0.4, 0.5) is 52.7 Å². The molecule has 0 unspecified atom stereocenters. The molecule has 142 valence electrons. The molecule has 0 saturated carbocycles. The number of hydrogen-bond donors (Lipinski definition) is 0. The van der Waals surface area contributed by atoms with E-state index in [-0.39, 0.29) is 0 Å². The van der Waals surface area contributed by atoms with Crippen LogP contribution in [0.25, 0.3) is 0 Å². The number of hydrogen-bond acceptors (Lipinski definition) is 3. The van der Waals surface area contributed by atoms with E-state index in [0.29, 0.717) is 0 Å². The van der Waals surface area contributed by atoms with E-state index in [1.807, 2.05) is 4.74 Å². The summed E-state index contributed by atoms with van der Waals surface area (Å²) in [6.45, 7) is -0.422. The maximum atomic E-state index is 13.6. The molecule has 0 atom stereocenters. The fourth-order valence-electron chi connectivity index (χ4n) is 1.47. The normalized spacial score (nSPS) is 26.0. The van der Waals surface area contributed by atoms with Crippen molar-refractivity contribution < 1.29 is 62.2 Å². The molecule has 0 radical (unpaired) electrons. The van der Waals surface area contributed by atoms with Crippen molar-refractivity contribution in [1.82, 2.24) is 4.90 Å². The van der Waals surface area contributed by atoms with E-state index in [1.165, 1.54) is 0 Å². The molecule has 15 heteroatoms. The number of halogens is 12. The van der Waals surface area contributed by atoms with Crippen molar-refractivity contribution in [3.8, 4) is 0 Å². The molecule has 0 aromatic rings. The Morgan fingerprint density at radius 1 is 0.917 bits per heavy atom. The minimum absolute atomic E-state index is 0.720. The van der Waals surface area contributed by atoms with Gasteiger partial charge in [-0.15, -0.1) is 0 Å². The SMILES string of the molecule is CCOC(=C(F)N1C(F)(F)C(F)(F)OC(F)(F)C1(F)F)C(F)(F)F. The molecule has 0 aromatic heterocycles. The lowest BCUT2D eigenvalue weighted by atomic mass is 10.2. The van der Waals surface area contributed by atoms with Crippen LogP contribution in [0.5, 0.6) is 0 Å². The molecule has 1 saturated heterocycles. The first-order chi connectivity index (χ1) is 10.4. The Morgan fingerprint density at radius 3 is 1.58 bits per heavy atom. The van der Waals surface area contributed by atoms with Gasteiger partial charge >= 0.3 is 30.5 Å². The molecule has 1 aliphatic heterocycles. The second-order valence-corrected chi connectivity index (χ2v) is 4.10. The lowest BCUT2D eigenvalue weighted by Gasteiger charge is -2.47. The molecule has 0 aliphatic carbocycles. The Bertz CT molecular complexity index is 499. The van der Waals surface area contributed by atoms with Gasteiger partial charge in [0.05, 0.1) is 6.61 Å². The summed E-state index contributed by atoms with van der Waals surface area (Å²) in [6, 6.07) is -13.2. The molecule has 0 amide bonds. The minimum Gasteiger partial charge on any atom is -0.486 e. The van der Waals surface area contributed by atoms with Crippen LogP contribution in [0.1, 0.15) is 6.92 Å². The van der Waals surface area contributed by atoms with Gasteiger partial charge in [0.2, 0.25) is 5.95 Å². The van der Waals surface area contributed by atoms with Crippen LogP contribution >= 0.6 is 0 Å². The van der Waals surface area contributed by atoms with Crippen LogP contribution in [0, 0.1) is 0 Å². The zero-order valence-electron chi connectivity index (χ0n) is 11.0. The molecule has 0 spiro atoms. The average Bonchev–Trinajstić information content (AvgIpc) is 2.30. The molecule has 0 N–H and O–H groups in total. The summed E-state index contributed by atoms with van der Waals surface area (Å²) in [6.07, 6.45) is -19.0. The first kappa shape index (κ1) is 20.5. The Labute approximate surface area is 124 Å². The largest absolute Gasteiger partial charge is 0.486 e. The maximum Gasteiger partial charge on any atom is 0.453 e. The molecular weight excluding hydrogens is 382 g/mol. The van der Waals surface area contributed by atoms with Crippen molar-refractivity contribution in [2.24, 2.45) is 0 Å². The van der Waals surface area contributed by atoms with Crippen LogP contribution in [0.15, 0.2) is 11.7 Å². The first-order valence-corrected chi connectivity index (χ1v) is 5.55. The van der Waals surface area contributed by atoms with Gasteiger partial charge in [-0.2, -0.15) is 52.7 Å². The highest BCUT2D eigenvalue weighted by atomic mass is 19.4. The fraction of sp³-hybridized carbons (Fsp3) is 0.778. The maximum absolute atomic E-state index is 13.6. The van der Waals surface area contributed by atoms with Crippen molar-refractivity contribution in [2.75, 3.05) is 6.61 Å². The Balaban J connectivity index is 3.71. The van der Waals surface area contributed by atoms with Crippen molar-refractivity contribution in [2.45, 2.75) is 37.4 Å². The van der Waals surface area contributed by atoms with Crippen LogP contribution in [0.2, 0.25) is 0 Å². The molecule has 24 heavy (non-hydrogen) atoms. The first-order valence-electron chi connectivity index (χ1n) is 5.55. The van der Waals surface area contributed by atoms with E-state index in [4.69, 9.17) is 0 Å². The number of morpholine rings is 1. The highest BCUT2D eigenvalue weighted by molar-refractivity contribution is 5.12. The van der Waals surface area contributed by atoms with Gasteiger partial charge in [-0.1, -0.05) is 0 Å². The van der Waals surface area contributed by atoms with Gasteiger partial charge in [-0.3, -0.25) is 0 Å². The van der Waals surface area contributed by atoms with Crippen molar-refractivity contribution >= 4 is 0 Å². The predicted octanol–water partition coefficient (Wildman–Crippen LogP) is 4.43. The van der Waals surface area contributed by atoms with E-state index in [1.54, 1.807) is 0 Å². The predicted molar refractivity (Wildman–Crippen MR) is 48.5 cm³/mol. The van der Waals surface area contributed by atoms with E-state index < -0.39 is 53.7 Å². The van der Waals surface area contributed by atoms with E-state index in [0.717, 1.165) is 6.92 Å². The summed E-state index contributed by atoms with van der Waals surface area (Å²) in [5.41, 5.74) is 0. The fourth-order valence-corrected chi connectivity index (χ4v) is 1.47. The topological polar surface area (TPSA) is 21.7 Å². The van der Waals surface area contributed by atoms with Gasteiger partial charge in [0, 0.05) is 0 Å². The smallest absolute Gasteiger partial charge is 0.453 e. The molecule has 1 fully saturated rings. The summed E-state index contributed by atoms with van der Waals surface area (Å²) in [5, 5.41) is 0. The average molecular weight is 387 g/mol. The Hall–Kier alpha value is -1.54. The van der Waals surface area contributed by atoms with Crippen molar-refractivity contribution in [3.63, 3.8) is 0 Å². The van der Waals surface area contributed by atoms with Gasteiger partial charge in [-0.25, -0.2) is 9.64 Å². The number of nitrogens with zero attached hydrogens (tertiary/aromatic N) is 1. The van der Waals surface area contributed by atoms with Crippen molar-refractivity contribution in [3.05, 3.63) is 11.7 Å². The molecular formula is C9H5F12NO2. The van der Waals surface area contributed by atoms with E-state index in [2.05, 4.69) is 4.74 Å². The third kappa shape index (κ3) is 2.93. The third-order valence-electron chi connectivity index (χ3n) is 2.45. The summed E-state index contributed by atoms with van der Waals surface area (Å²) in [7, 11) is 0. The quantitative estimate of drug-likeness (QED) is 0.407. The molecule has 0 bridgehead atoms. The molecule has 1 heterocycles. The standard InChI is InChI=1S/C9H5F12NO2/c1-2-23-3(5(11,12)13)4(10)22-6(14,15)8(18,19)24-9(20,21)7(22,16)17/h2H2,1H3. The molecule has 1 rings (SSSR count). The Kier molecular flexibility index (Phi) is 4.69. The van der Waals surface area contributed by atoms with Gasteiger partial charge < -0.3 is 4.74 Å². The number of alkyl halides is 11. The van der Waals surface area contributed by atoms with Crippen LogP contribution < -0.4 is 0 Å². The number of allylic oxidation sites excluding steroid dienone is 1. The van der Waals surface area contributed by atoms with Gasteiger partial charge in [0.25, 0.3) is 5.76 Å². The van der Waals surface area contributed by atoms with E-state index >= 15 is 0 Å². The summed E-state index contributed by atoms with van der Waals surface area (Å²) in [5.74, 6) is -7.10. The molecule has 3 nitrogen and oxygen atoms in total. The van der Waals surface area contributed by atoms with Gasteiger partial charge in [-0.05, 0) is 6.92 Å². The van der Waals surface area contributed by atoms with Crippen LogP contribution in [-0.2, 0) is 9.47 Å². The minimum atomic E-state index is -6.62.